The molecule has 2 amide bonds. The van der Waals surface area contributed by atoms with Gasteiger partial charge in [0.1, 0.15) is 6.61 Å². The largest absolute Gasteiger partial charge is 0.390 e. The molecule has 1 spiro atoms. The number of rotatable bonds is 3. The van der Waals surface area contributed by atoms with E-state index >= 15 is 0 Å². The summed E-state index contributed by atoms with van der Waals surface area (Å²) in [6.07, 6.45) is 4.00. The quantitative estimate of drug-likeness (QED) is 0.780. The number of piperidine rings is 1. The average molecular weight is 261 g/mol. The van der Waals surface area contributed by atoms with Gasteiger partial charge in [-0.1, -0.05) is 12.8 Å². The first-order valence-corrected chi connectivity index (χ1v) is 6.19. The zero-order valence-corrected chi connectivity index (χ0v) is 10.1. The van der Waals surface area contributed by atoms with Crippen LogP contribution >= 0.6 is 0 Å². The summed E-state index contributed by atoms with van der Waals surface area (Å²) in [4.78, 5) is 24.3. The van der Waals surface area contributed by atoms with E-state index < -0.39 is 30.9 Å². The molecule has 0 bridgehead atoms. The van der Waals surface area contributed by atoms with Crippen LogP contribution in [0.25, 0.3) is 0 Å². The Morgan fingerprint density at radius 2 is 1.67 bits per heavy atom. The number of aliphatic hydroxyl groups is 1. The van der Waals surface area contributed by atoms with Gasteiger partial charge in [0.05, 0.1) is 6.54 Å². The lowest BCUT2D eigenvalue weighted by atomic mass is 9.76. The van der Waals surface area contributed by atoms with Gasteiger partial charge in [0.15, 0.2) is 0 Å². The number of aliphatic hydroxyl groups excluding tert-OH is 1. The molecular formula is C12H17F2NO3. The smallest absolute Gasteiger partial charge is 0.288 e. The second-order valence-electron chi connectivity index (χ2n) is 5.45. The minimum Gasteiger partial charge on any atom is -0.390 e. The standard InChI is InChI=1S/C12H17F2NO3/c13-12(14,8-16)7-15-9(17)5-11(6-10(15)18)3-1-2-4-11/h16H,1-8H2. The first kappa shape index (κ1) is 13.4. The molecule has 2 fully saturated rings. The van der Waals surface area contributed by atoms with Gasteiger partial charge in [0.25, 0.3) is 5.92 Å². The van der Waals surface area contributed by atoms with Crippen LogP contribution in [0.2, 0.25) is 0 Å². The molecule has 4 nitrogen and oxygen atoms in total. The Bertz CT molecular complexity index is 344. The van der Waals surface area contributed by atoms with Crippen LogP contribution in [0.3, 0.4) is 0 Å². The van der Waals surface area contributed by atoms with Gasteiger partial charge in [0.2, 0.25) is 11.8 Å². The molecule has 1 heterocycles. The topological polar surface area (TPSA) is 57.6 Å². The van der Waals surface area contributed by atoms with Crippen molar-refractivity contribution in [1.82, 2.24) is 4.90 Å². The van der Waals surface area contributed by atoms with Crippen LogP contribution in [0.1, 0.15) is 38.5 Å². The normalized spacial score (nSPS) is 24.1. The van der Waals surface area contributed by atoms with Crippen molar-refractivity contribution in [3.8, 4) is 0 Å². The molecule has 0 aromatic carbocycles. The number of amides is 2. The molecule has 1 aliphatic carbocycles. The fourth-order valence-corrected chi connectivity index (χ4v) is 2.97. The summed E-state index contributed by atoms with van der Waals surface area (Å²) in [6.45, 7) is -2.35. The number of carbonyl (C=O) groups excluding carboxylic acids is 2. The predicted molar refractivity (Wildman–Crippen MR) is 58.9 cm³/mol. The number of carbonyl (C=O) groups is 2. The molecule has 1 aliphatic heterocycles. The fourth-order valence-electron chi connectivity index (χ4n) is 2.97. The fraction of sp³-hybridized carbons (Fsp3) is 0.833. The SMILES string of the molecule is O=C1CC2(CCCC2)CC(=O)N1CC(F)(F)CO. The number of imide groups is 1. The Hall–Kier alpha value is -1.04. The van der Waals surface area contributed by atoms with E-state index in [-0.39, 0.29) is 18.3 Å². The first-order valence-electron chi connectivity index (χ1n) is 6.19. The van der Waals surface area contributed by atoms with Gasteiger partial charge >= 0.3 is 0 Å². The highest BCUT2D eigenvalue weighted by Crippen LogP contribution is 2.47. The van der Waals surface area contributed by atoms with E-state index in [4.69, 9.17) is 5.11 Å². The number of nitrogens with zero attached hydrogens (tertiary/aromatic N) is 1. The molecule has 102 valence electrons. The molecule has 2 rings (SSSR count). The third kappa shape index (κ3) is 2.53. The van der Waals surface area contributed by atoms with Crippen LogP contribution in [-0.2, 0) is 9.59 Å². The Labute approximate surface area is 104 Å². The van der Waals surface area contributed by atoms with Crippen molar-refractivity contribution >= 4 is 11.8 Å². The highest BCUT2D eigenvalue weighted by atomic mass is 19.3. The van der Waals surface area contributed by atoms with Crippen molar-refractivity contribution in [2.45, 2.75) is 44.4 Å². The summed E-state index contributed by atoms with van der Waals surface area (Å²) in [5, 5.41) is 8.50. The molecule has 1 N–H and O–H groups in total. The van der Waals surface area contributed by atoms with Gasteiger partial charge in [-0.2, -0.15) is 0 Å². The van der Waals surface area contributed by atoms with E-state index in [1.165, 1.54) is 0 Å². The van der Waals surface area contributed by atoms with Crippen LogP contribution in [0.4, 0.5) is 8.78 Å². The van der Waals surface area contributed by atoms with E-state index in [1.54, 1.807) is 0 Å². The Kier molecular flexibility index (Phi) is 3.40. The average Bonchev–Trinajstić information content (AvgIpc) is 2.72. The molecule has 18 heavy (non-hydrogen) atoms. The number of halogens is 2. The Morgan fingerprint density at radius 1 is 1.17 bits per heavy atom. The van der Waals surface area contributed by atoms with E-state index in [9.17, 15) is 18.4 Å². The molecule has 2 aliphatic rings. The minimum atomic E-state index is -3.41. The Balaban J connectivity index is 2.07. The van der Waals surface area contributed by atoms with Crippen molar-refractivity contribution in [3.63, 3.8) is 0 Å². The molecule has 0 aromatic rings. The van der Waals surface area contributed by atoms with Crippen LogP contribution in [0, 0.1) is 5.41 Å². The van der Waals surface area contributed by atoms with Crippen molar-refractivity contribution in [2.75, 3.05) is 13.2 Å². The zero-order valence-electron chi connectivity index (χ0n) is 10.1. The van der Waals surface area contributed by atoms with Gasteiger partial charge in [-0.25, -0.2) is 8.78 Å². The lowest BCUT2D eigenvalue weighted by Crippen LogP contribution is -2.52. The van der Waals surface area contributed by atoms with E-state index in [1.807, 2.05) is 0 Å². The molecule has 0 radical (unpaired) electrons. The summed E-state index contributed by atoms with van der Waals surface area (Å²) in [5.74, 6) is -4.46. The highest BCUT2D eigenvalue weighted by Gasteiger charge is 2.47. The maximum atomic E-state index is 13.1. The minimum absolute atomic E-state index is 0.181. The zero-order chi connectivity index (χ0) is 13.4. The molecule has 1 saturated heterocycles. The van der Waals surface area contributed by atoms with Crippen molar-refractivity contribution in [1.29, 1.82) is 0 Å². The summed E-state index contributed by atoms with van der Waals surface area (Å²) >= 11 is 0. The van der Waals surface area contributed by atoms with Crippen molar-refractivity contribution < 1.29 is 23.5 Å². The van der Waals surface area contributed by atoms with Gasteiger partial charge < -0.3 is 5.11 Å². The van der Waals surface area contributed by atoms with Gasteiger partial charge in [0, 0.05) is 12.8 Å². The van der Waals surface area contributed by atoms with E-state index in [2.05, 4.69) is 0 Å². The monoisotopic (exact) mass is 261 g/mol. The van der Waals surface area contributed by atoms with Crippen LogP contribution in [0.15, 0.2) is 0 Å². The van der Waals surface area contributed by atoms with Gasteiger partial charge in [-0.15, -0.1) is 0 Å². The molecule has 0 aromatic heterocycles. The summed E-state index contributed by atoms with van der Waals surface area (Å²) in [6, 6.07) is 0. The second kappa shape index (κ2) is 4.57. The molecular weight excluding hydrogens is 244 g/mol. The van der Waals surface area contributed by atoms with Crippen LogP contribution < -0.4 is 0 Å². The molecule has 0 atom stereocenters. The lowest BCUT2D eigenvalue weighted by molar-refractivity contribution is -0.161. The summed E-state index contributed by atoms with van der Waals surface area (Å²) in [7, 11) is 0. The highest BCUT2D eigenvalue weighted by molar-refractivity contribution is 5.98. The maximum Gasteiger partial charge on any atom is 0.288 e. The number of alkyl halides is 2. The van der Waals surface area contributed by atoms with E-state index in [0.717, 1.165) is 25.7 Å². The van der Waals surface area contributed by atoms with Crippen molar-refractivity contribution in [2.24, 2.45) is 5.41 Å². The van der Waals surface area contributed by atoms with E-state index in [0.29, 0.717) is 4.90 Å². The summed E-state index contributed by atoms with van der Waals surface area (Å²) in [5.41, 5.74) is -0.279. The molecule has 6 heteroatoms. The molecule has 0 unspecified atom stereocenters. The third-order valence-electron chi connectivity index (χ3n) is 3.94. The van der Waals surface area contributed by atoms with Gasteiger partial charge in [-0.05, 0) is 18.3 Å². The lowest BCUT2D eigenvalue weighted by Gasteiger charge is -2.38. The Morgan fingerprint density at radius 3 is 2.11 bits per heavy atom. The second-order valence-corrected chi connectivity index (χ2v) is 5.45. The number of hydrogen-bond donors (Lipinski definition) is 1. The first-order chi connectivity index (χ1) is 8.37. The maximum absolute atomic E-state index is 13.1. The number of hydrogen-bond acceptors (Lipinski definition) is 3. The predicted octanol–water partition coefficient (Wildman–Crippen LogP) is 1.32. The number of likely N-dealkylation sites (tertiary alicyclic amines) is 1. The van der Waals surface area contributed by atoms with Gasteiger partial charge in [-0.3, -0.25) is 14.5 Å². The van der Waals surface area contributed by atoms with Crippen molar-refractivity contribution in [3.05, 3.63) is 0 Å². The molecule has 1 saturated carbocycles. The summed E-state index contributed by atoms with van der Waals surface area (Å²) < 4.78 is 26.1. The van der Waals surface area contributed by atoms with Crippen LogP contribution in [-0.4, -0.2) is 40.9 Å². The third-order valence-corrected chi connectivity index (χ3v) is 3.94. The van der Waals surface area contributed by atoms with Crippen LogP contribution in [0.5, 0.6) is 0 Å².